The largest absolute Gasteiger partial charge is 0.486 e. The molecular weight excluding hydrogens is 428 g/mol. The van der Waals surface area contributed by atoms with E-state index in [-0.39, 0.29) is 29.9 Å². The highest BCUT2D eigenvalue weighted by Gasteiger charge is 2.45. The van der Waals surface area contributed by atoms with Crippen LogP contribution in [0.25, 0.3) is 0 Å². The standard InChI is InChI=1S/C25H25ClN2O4/c1-16-2-5-19(6-3-16)28-15-17(12-23(28)30)24(31)27-10-8-25(9-11-27)14-21(29)20-13-18(26)4-7-22(20)32-25/h2-7,13,17H,8-12,14-15H2,1H3. The van der Waals surface area contributed by atoms with Crippen LogP contribution in [0.2, 0.25) is 5.02 Å². The number of fused-ring (bicyclic) bond motifs is 1. The van der Waals surface area contributed by atoms with Gasteiger partial charge in [-0.15, -0.1) is 0 Å². The topological polar surface area (TPSA) is 66.9 Å². The van der Waals surface area contributed by atoms with Crippen molar-refractivity contribution in [3.63, 3.8) is 0 Å². The Morgan fingerprint density at radius 1 is 1.09 bits per heavy atom. The van der Waals surface area contributed by atoms with Gasteiger partial charge in [-0.1, -0.05) is 29.3 Å². The van der Waals surface area contributed by atoms with Crippen molar-refractivity contribution in [2.45, 2.75) is 38.2 Å². The van der Waals surface area contributed by atoms with Crippen molar-refractivity contribution in [1.82, 2.24) is 4.90 Å². The molecule has 2 saturated heterocycles. The van der Waals surface area contributed by atoms with E-state index in [4.69, 9.17) is 16.3 Å². The fourth-order valence-corrected chi connectivity index (χ4v) is 5.16. The lowest BCUT2D eigenvalue weighted by atomic mass is 9.82. The minimum Gasteiger partial charge on any atom is -0.486 e. The van der Waals surface area contributed by atoms with Crippen LogP contribution in [0.5, 0.6) is 5.75 Å². The Bertz CT molecular complexity index is 1090. The number of Topliss-reactive ketones (excluding diaryl/α,β-unsaturated/α-hetero) is 1. The highest BCUT2D eigenvalue weighted by Crippen LogP contribution is 2.40. The number of amides is 2. The van der Waals surface area contributed by atoms with E-state index >= 15 is 0 Å². The maximum Gasteiger partial charge on any atom is 0.228 e. The van der Waals surface area contributed by atoms with Gasteiger partial charge in [-0.2, -0.15) is 0 Å². The number of hydrogen-bond acceptors (Lipinski definition) is 4. The minimum absolute atomic E-state index is 0.0112. The summed E-state index contributed by atoms with van der Waals surface area (Å²) in [4.78, 5) is 42.0. The van der Waals surface area contributed by atoms with Crippen LogP contribution in [0.3, 0.4) is 0 Å². The van der Waals surface area contributed by atoms with Crippen molar-refractivity contribution in [2.75, 3.05) is 24.5 Å². The van der Waals surface area contributed by atoms with E-state index in [0.29, 0.717) is 55.2 Å². The molecule has 0 saturated carbocycles. The van der Waals surface area contributed by atoms with Crippen LogP contribution in [-0.4, -0.2) is 47.7 Å². The Morgan fingerprint density at radius 2 is 1.81 bits per heavy atom. The molecule has 0 radical (unpaired) electrons. The molecule has 32 heavy (non-hydrogen) atoms. The number of hydrogen-bond donors (Lipinski definition) is 0. The average molecular weight is 453 g/mol. The smallest absolute Gasteiger partial charge is 0.228 e. The number of likely N-dealkylation sites (tertiary alicyclic amines) is 1. The SMILES string of the molecule is Cc1ccc(N2CC(C(=O)N3CCC4(CC3)CC(=O)c3cc(Cl)ccc3O4)CC2=O)cc1. The molecule has 2 aromatic rings. The van der Waals surface area contributed by atoms with Gasteiger partial charge in [0.25, 0.3) is 0 Å². The van der Waals surface area contributed by atoms with Gasteiger partial charge in [-0.25, -0.2) is 0 Å². The molecule has 0 bridgehead atoms. The minimum atomic E-state index is -0.575. The summed E-state index contributed by atoms with van der Waals surface area (Å²) in [5.74, 6) is 0.258. The molecule has 1 unspecified atom stereocenters. The monoisotopic (exact) mass is 452 g/mol. The number of aryl methyl sites for hydroxylation is 1. The zero-order valence-electron chi connectivity index (χ0n) is 18.0. The summed E-state index contributed by atoms with van der Waals surface area (Å²) < 4.78 is 6.26. The quantitative estimate of drug-likeness (QED) is 0.690. The highest BCUT2D eigenvalue weighted by atomic mass is 35.5. The van der Waals surface area contributed by atoms with Crippen LogP contribution in [0.1, 0.15) is 41.6 Å². The first kappa shape index (κ1) is 21.0. The molecule has 166 valence electrons. The molecular formula is C25H25ClN2O4. The van der Waals surface area contributed by atoms with Gasteiger partial charge < -0.3 is 14.5 Å². The summed E-state index contributed by atoms with van der Waals surface area (Å²) in [6.45, 7) is 3.45. The summed E-state index contributed by atoms with van der Waals surface area (Å²) in [6.07, 6.45) is 1.72. The molecule has 3 aliphatic rings. The molecule has 6 nitrogen and oxygen atoms in total. The van der Waals surface area contributed by atoms with Gasteiger partial charge >= 0.3 is 0 Å². The summed E-state index contributed by atoms with van der Waals surface area (Å²) in [5.41, 5.74) is 1.92. The van der Waals surface area contributed by atoms with Crippen LogP contribution >= 0.6 is 11.6 Å². The van der Waals surface area contributed by atoms with E-state index < -0.39 is 5.60 Å². The maximum atomic E-state index is 13.2. The van der Waals surface area contributed by atoms with Gasteiger partial charge in [-0.3, -0.25) is 14.4 Å². The summed E-state index contributed by atoms with van der Waals surface area (Å²) >= 11 is 6.02. The van der Waals surface area contributed by atoms with Crippen LogP contribution < -0.4 is 9.64 Å². The fraction of sp³-hybridized carbons (Fsp3) is 0.400. The lowest BCUT2D eigenvalue weighted by Crippen LogP contribution is -2.53. The van der Waals surface area contributed by atoms with Crippen LogP contribution in [-0.2, 0) is 9.59 Å². The summed E-state index contributed by atoms with van der Waals surface area (Å²) in [5, 5.41) is 0.517. The first-order chi connectivity index (χ1) is 15.3. The molecule has 2 fully saturated rings. The molecule has 1 atom stereocenters. The first-order valence-electron chi connectivity index (χ1n) is 11.0. The normalized spacial score (nSPS) is 22.1. The number of benzene rings is 2. The van der Waals surface area contributed by atoms with Crippen LogP contribution in [0.4, 0.5) is 5.69 Å². The molecule has 2 amide bonds. The molecule has 7 heteroatoms. The number of piperidine rings is 1. The maximum absolute atomic E-state index is 13.2. The van der Waals surface area contributed by atoms with Crippen molar-refractivity contribution in [3.8, 4) is 5.75 Å². The van der Waals surface area contributed by atoms with Crippen LogP contribution in [0.15, 0.2) is 42.5 Å². The summed E-state index contributed by atoms with van der Waals surface area (Å²) in [6, 6.07) is 12.9. The average Bonchev–Trinajstić information content (AvgIpc) is 3.17. The van der Waals surface area contributed by atoms with E-state index in [0.717, 1.165) is 11.3 Å². The Labute approximate surface area is 192 Å². The van der Waals surface area contributed by atoms with Crippen molar-refractivity contribution in [1.29, 1.82) is 0 Å². The van der Waals surface area contributed by atoms with Gasteiger partial charge in [-0.05, 0) is 37.3 Å². The number of rotatable bonds is 2. The van der Waals surface area contributed by atoms with E-state index in [9.17, 15) is 14.4 Å². The van der Waals surface area contributed by atoms with Crippen molar-refractivity contribution in [2.24, 2.45) is 5.92 Å². The zero-order valence-corrected chi connectivity index (χ0v) is 18.7. The number of carbonyl (C=O) groups is 3. The molecule has 5 rings (SSSR count). The van der Waals surface area contributed by atoms with Crippen molar-refractivity contribution < 1.29 is 19.1 Å². The van der Waals surface area contributed by atoms with Crippen LogP contribution in [0, 0.1) is 12.8 Å². The summed E-state index contributed by atoms with van der Waals surface area (Å²) in [7, 11) is 0. The van der Waals surface area contributed by atoms with E-state index in [1.165, 1.54) is 0 Å². The Kier molecular flexibility index (Phi) is 5.20. The van der Waals surface area contributed by atoms with Gasteiger partial charge in [0.1, 0.15) is 11.4 Å². The van der Waals surface area contributed by atoms with Gasteiger partial charge in [0.2, 0.25) is 11.8 Å². The molecule has 0 N–H and O–H groups in total. The third-order valence-corrected chi connectivity index (χ3v) is 7.09. The Balaban J connectivity index is 1.23. The molecule has 2 aromatic carbocycles. The van der Waals surface area contributed by atoms with Crippen molar-refractivity contribution in [3.05, 3.63) is 58.6 Å². The Morgan fingerprint density at radius 3 is 2.53 bits per heavy atom. The van der Waals surface area contributed by atoms with E-state index in [1.807, 2.05) is 36.1 Å². The number of ketones is 1. The predicted octanol–water partition coefficient (Wildman–Crippen LogP) is 4.03. The third kappa shape index (κ3) is 3.77. The van der Waals surface area contributed by atoms with E-state index in [1.54, 1.807) is 23.1 Å². The van der Waals surface area contributed by atoms with Gasteiger partial charge in [0.05, 0.1) is 17.9 Å². The first-order valence-corrected chi connectivity index (χ1v) is 11.4. The van der Waals surface area contributed by atoms with E-state index in [2.05, 4.69) is 0 Å². The second kappa shape index (κ2) is 7.93. The number of carbonyl (C=O) groups excluding carboxylic acids is 3. The number of halogens is 1. The molecule has 3 aliphatic heterocycles. The highest BCUT2D eigenvalue weighted by molar-refractivity contribution is 6.31. The predicted molar refractivity (Wildman–Crippen MR) is 121 cm³/mol. The van der Waals surface area contributed by atoms with Gasteiger partial charge in [0.15, 0.2) is 5.78 Å². The van der Waals surface area contributed by atoms with Gasteiger partial charge in [0, 0.05) is 49.6 Å². The Hall–Kier alpha value is -2.86. The lowest BCUT2D eigenvalue weighted by molar-refractivity contribution is -0.139. The molecule has 3 heterocycles. The zero-order chi connectivity index (χ0) is 22.5. The number of anilines is 1. The molecule has 0 aliphatic carbocycles. The van der Waals surface area contributed by atoms with Crippen molar-refractivity contribution >= 4 is 34.9 Å². The second-order valence-electron chi connectivity index (χ2n) is 9.09. The number of nitrogens with zero attached hydrogens (tertiary/aromatic N) is 2. The third-order valence-electron chi connectivity index (χ3n) is 6.86. The fourth-order valence-electron chi connectivity index (χ4n) is 4.99. The lowest BCUT2D eigenvalue weighted by Gasteiger charge is -2.44. The second-order valence-corrected chi connectivity index (χ2v) is 9.53. The molecule has 1 spiro atoms. The number of ether oxygens (including phenoxy) is 1. The molecule has 0 aromatic heterocycles.